The lowest BCUT2D eigenvalue weighted by molar-refractivity contribution is -0.0597. The van der Waals surface area contributed by atoms with Crippen LogP contribution in [0.4, 0.5) is 4.39 Å². The zero-order valence-electron chi connectivity index (χ0n) is 12.2. The van der Waals surface area contributed by atoms with E-state index in [1.165, 1.54) is 18.9 Å². The lowest BCUT2D eigenvalue weighted by Gasteiger charge is -2.37. The van der Waals surface area contributed by atoms with Crippen LogP contribution in [0.2, 0.25) is 5.02 Å². The molecule has 1 aliphatic rings. The summed E-state index contributed by atoms with van der Waals surface area (Å²) in [6, 6.07) is 5.19. The Morgan fingerprint density at radius 1 is 1.40 bits per heavy atom. The molecule has 0 heterocycles. The van der Waals surface area contributed by atoms with Crippen LogP contribution in [0.25, 0.3) is 0 Å². The first-order valence-electron chi connectivity index (χ1n) is 7.36. The largest absolute Gasteiger partial charge is 0.374 e. The van der Waals surface area contributed by atoms with Crippen LogP contribution in [0.3, 0.4) is 0 Å². The third-order valence-electron chi connectivity index (χ3n) is 4.29. The van der Waals surface area contributed by atoms with E-state index in [0.29, 0.717) is 0 Å². The summed E-state index contributed by atoms with van der Waals surface area (Å²) in [5, 5.41) is 3.58. The van der Waals surface area contributed by atoms with Crippen molar-refractivity contribution in [2.45, 2.75) is 50.7 Å². The van der Waals surface area contributed by atoms with Gasteiger partial charge in [0.25, 0.3) is 0 Å². The van der Waals surface area contributed by atoms with E-state index in [9.17, 15) is 4.39 Å². The highest BCUT2D eigenvalue weighted by atomic mass is 35.5. The molecule has 0 aromatic heterocycles. The topological polar surface area (TPSA) is 21.3 Å². The van der Waals surface area contributed by atoms with Crippen LogP contribution in [0, 0.1) is 5.82 Å². The van der Waals surface area contributed by atoms with Crippen molar-refractivity contribution in [3.63, 3.8) is 0 Å². The summed E-state index contributed by atoms with van der Waals surface area (Å²) in [6.45, 7) is 2.77. The van der Waals surface area contributed by atoms with Gasteiger partial charge in [-0.1, -0.05) is 30.5 Å². The van der Waals surface area contributed by atoms with Gasteiger partial charge >= 0.3 is 0 Å². The van der Waals surface area contributed by atoms with Crippen molar-refractivity contribution in [1.82, 2.24) is 5.32 Å². The summed E-state index contributed by atoms with van der Waals surface area (Å²) in [6.07, 6.45) is 5.39. The van der Waals surface area contributed by atoms with Crippen LogP contribution < -0.4 is 5.32 Å². The van der Waals surface area contributed by atoms with Gasteiger partial charge in [-0.25, -0.2) is 4.39 Å². The van der Waals surface area contributed by atoms with Crippen molar-refractivity contribution >= 4 is 11.6 Å². The van der Waals surface area contributed by atoms with Gasteiger partial charge < -0.3 is 10.1 Å². The second-order valence-corrected chi connectivity index (χ2v) is 5.91. The van der Waals surface area contributed by atoms with Crippen molar-refractivity contribution in [3.8, 4) is 0 Å². The minimum atomic E-state index is -0.364. The normalized spacial score (nSPS) is 19.2. The van der Waals surface area contributed by atoms with Crippen molar-refractivity contribution in [3.05, 3.63) is 34.6 Å². The monoisotopic (exact) mass is 299 g/mol. The van der Waals surface area contributed by atoms with Gasteiger partial charge in [-0.2, -0.15) is 0 Å². The van der Waals surface area contributed by atoms with Gasteiger partial charge in [-0.15, -0.1) is 0 Å². The van der Waals surface area contributed by atoms with Crippen molar-refractivity contribution in [2.24, 2.45) is 0 Å². The number of benzene rings is 1. The fraction of sp³-hybridized carbons (Fsp3) is 0.625. The number of halogens is 2. The van der Waals surface area contributed by atoms with E-state index in [1.54, 1.807) is 12.1 Å². The number of hydrogen-bond donors (Lipinski definition) is 1. The molecule has 1 atom stereocenters. The summed E-state index contributed by atoms with van der Waals surface area (Å²) in [7, 11) is 1.97. The minimum Gasteiger partial charge on any atom is -0.374 e. The van der Waals surface area contributed by atoms with Crippen LogP contribution in [0.5, 0.6) is 0 Å². The molecule has 20 heavy (non-hydrogen) atoms. The molecule has 1 unspecified atom stereocenters. The molecule has 1 N–H and O–H groups in total. The fourth-order valence-corrected chi connectivity index (χ4v) is 3.51. The second-order valence-electron chi connectivity index (χ2n) is 5.50. The first-order valence-corrected chi connectivity index (χ1v) is 7.74. The fourth-order valence-electron chi connectivity index (χ4n) is 3.31. The average Bonchev–Trinajstić information content (AvgIpc) is 2.90. The lowest BCUT2D eigenvalue weighted by Crippen LogP contribution is -2.51. The molecule has 0 amide bonds. The predicted octanol–water partition coefficient (Wildman–Crippen LogP) is 3.96. The van der Waals surface area contributed by atoms with Gasteiger partial charge in [0.05, 0.1) is 10.6 Å². The maximum atomic E-state index is 13.2. The van der Waals surface area contributed by atoms with Crippen LogP contribution >= 0.6 is 11.6 Å². The third-order valence-corrected chi connectivity index (χ3v) is 4.58. The van der Waals surface area contributed by atoms with Crippen LogP contribution in [0.1, 0.15) is 38.2 Å². The van der Waals surface area contributed by atoms with Gasteiger partial charge in [0.1, 0.15) is 5.82 Å². The maximum absolute atomic E-state index is 13.2. The summed E-state index contributed by atoms with van der Waals surface area (Å²) in [5.41, 5.74) is 0.950. The summed E-state index contributed by atoms with van der Waals surface area (Å²) in [4.78, 5) is 0. The molecule has 4 heteroatoms. The highest BCUT2D eigenvalue weighted by molar-refractivity contribution is 6.30. The summed E-state index contributed by atoms with van der Waals surface area (Å²) < 4.78 is 19.3. The van der Waals surface area contributed by atoms with E-state index in [4.69, 9.17) is 16.3 Å². The zero-order chi connectivity index (χ0) is 14.6. The van der Waals surface area contributed by atoms with Crippen molar-refractivity contribution in [1.29, 1.82) is 0 Å². The van der Waals surface area contributed by atoms with Gasteiger partial charge in [0, 0.05) is 12.6 Å². The Kier molecular flexibility index (Phi) is 5.42. The number of rotatable bonds is 6. The van der Waals surface area contributed by atoms with E-state index in [2.05, 4.69) is 5.32 Å². The van der Waals surface area contributed by atoms with Crippen LogP contribution in [0.15, 0.2) is 18.2 Å². The van der Waals surface area contributed by atoms with Gasteiger partial charge in [-0.05, 0) is 50.9 Å². The minimum absolute atomic E-state index is 0.0929. The molecular formula is C16H23ClFNO. The molecule has 0 bridgehead atoms. The van der Waals surface area contributed by atoms with Crippen molar-refractivity contribution in [2.75, 3.05) is 13.7 Å². The van der Waals surface area contributed by atoms with E-state index in [-0.39, 0.29) is 22.5 Å². The third kappa shape index (κ3) is 3.33. The first kappa shape index (κ1) is 15.7. The molecule has 1 fully saturated rings. The lowest BCUT2D eigenvalue weighted by atomic mass is 9.87. The zero-order valence-corrected chi connectivity index (χ0v) is 13.0. The van der Waals surface area contributed by atoms with E-state index >= 15 is 0 Å². The molecule has 1 aromatic rings. The Bertz CT molecular complexity index is 446. The highest BCUT2D eigenvalue weighted by Crippen LogP contribution is 2.37. The molecule has 112 valence electrons. The first-order chi connectivity index (χ1) is 9.61. The highest BCUT2D eigenvalue weighted by Gasteiger charge is 2.41. The Hall–Kier alpha value is -0.640. The van der Waals surface area contributed by atoms with E-state index in [0.717, 1.165) is 31.4 Å². The van der Waals surface area contributed by atoms with Gasteiger partial charge in [-0.3, -0.25) is 0 Å². The number of nitrogens with one attached hydrogen (secondary N) is 1. The Morgan fingerprint density at radius 2 is 2.10 bits per heavy atom. The molecule has 2 rings (SSSR count). The van der Waals surface area contributed by atoms with Gasteiger partial charge in [0.15, 0.2) is 0 Å². The molecular weight excluding hydrogens is 277 g/mol. The molecule has 0 radical (unpaired) electrons. The van der Waals surface area contributed by atoms with Crippen LogP contribution in [-0.4, -0.2) is 25.3 Å². The molecule has 1 aliphatic carbocycles. The quantitative estimate of drug-likeness (QED) is 0.858. The Labute approximate surface area is 125 Å². The van der Waals surface area contributed by atoms with E-state index < -0.39 is 0 Å². The Morgan fingerprint density at radius 3 is 2.65 bits per heavy atom. The maximum Gasteiger partial charge on any atom is 0.141 e. The van der Waals surface area contributed by atoms with E-state index in [1.807, 2.05) is 14.0 Å². The molecule has 1 aromatic carbocycles. The van der Waals surface area contributed by atoms with Crippen LogP contribution in [-0.2, 0) is 11.2 Å². The predicted molar refractivity (Wildman–Crippen MR) is 80.8 cm³/mol. The summed E-state index contributed by atoms with van der Waals surface area (Å²) >= 11 is 5.87. The number of hydrogen-bond acceptors (Lipinski definition) is 2. The molecule has 1 saturated carbocycles. The molecule has 0 aliphatic heterocycles. The smallest absolute Gasteiger partial charge is 0.141 e. The summed E-state index contributed by atoms with van der Waals surface area (Å²) in [5.74, 6) is -0.364. The van der Waals surface area contributed by atoms with Gasteiger partial charge in [0.2, 0.25) is 0 Å². The SMILES string of the molecule is CCOC1(C(Cc2ccc(F)c(Cl)c2)NC)CCCC1. The molecule has 0 saturated heterocycles. The average molecular weight is 300 g/mol. The van der Waals surface area contributed by atoms with Crippen molar-refractivity contribution < 1.29 is 9.13 Å². The Balaban J connectivity index is 2.16. The standard InChI is InChI=1S/C16H23ClFNO/c1-3-20-16(8-4-5-9-16)15(19-2)11-12-6-7-14(18)13(17)10-12/h6-7,10,15,19H,3-5,8-9,11H2,1-2H3. The molecule has 0 spiro atoms. The second kappa shape index (κ2) is 6.88. The number of likely N-dealkylation sites (N-methyl/N-ethyl adjacent to an activating group) is 1. The molecule has 2 nitrogen and oxygen atoms in total. The number of ether oxygens (including phenoxy) is 1.